The molecule has 0 bridgehead atoms. The van der Waals surface area contributed by atoms with Gasteiger partial charge in [0.05, 0.1) is 0 Å². The van der Waals surface area contributed by atoms with E-state index < -0.39 is 0 Å². The first-order chi connectivity index (χ1) is 12.7. The summed E-state index contributed by atoms with van der Waals surface area (Å²) in [5.74, 6) is 1.07. The summed E-state index contributed by atoms with van der Waals surface area (Å²) in [5.41, 5.74) is 2.37. The number of benzene rings is 1. The number of hydrogen-bond acceptors (Lipinski definition) is 3. The number of amides is 1. The number of hydrogen-bond donors (Lipinski definition) is 2. The van der Waals surface area contributed by atoms with Crippen LogP contribution in [0.1, 0.15) is 28.8 Å². The fourth-order valence-corrected chi connectivity index (χ4v) is 3.80. The van der Waals surface area contributed by atoms with Crippen LogP contribution >= 0.6 is 35.3 Å². The van der Waals surface area contributed by atoms with Crippen LogP contribution in [0, 0.1) is 0 Å². The van der Waals surface area contributed by atoms with Crippen LogP contribution in [0.5, 0.6) is 0 Å². The molecule has 27 heavy (non-hydrogen) atoms. The van der Waals surface area contributed by atoms with E-state index in [0.717, 1.165) is 31.9 Å². The molecule has 2 aromatic rings. The molecular formula is C20H27IN4OS. The van der Waals surface area contributed by atoms with Crippen molar-refractivity contribution in [3.63, 3.8) is 0 Å². The zero-order valence-electron chi connectivity index (χ0n) is 15.6. The first-order valence-corrected chi connectivity index (χ1v) is 9.95. The van der Waals surface area contributed by atoms with Crippen molar-refractivity contribution in [2.45, 2.75) is 32.4 Å². The largest absolute Gasteiger partial charge is 0.356 e. The van der Waals surface area contributed by atoms with Gasteiger partial charge in [-0.25, -0.2) is 0 Å². The van der Waals surface area contributed by atoms with Crippen molar-refractivity contribution in [2.75, 3.05) is 20.1 Å². The Balaban J connectivity index is 0.00000261. The Bertz CT molecular complexity index is 748. The van der Waals surface area contributed by atoms with Gasteiger partial charge in [0.15, 0.2) is 5.96 Å². The van der Waals surface area contributed by atoms with Crippen LogP contribution in [0.4, 0.5) is 0 Å². The Hall–Kier alpha value is -1.61. The molecule has 1 aliphatic rings. The lowest BCUT2D eigenvalue weighted by molar-refractivity contribution is -0.128. The average molecular weight is 498 g/mol. The average Bonchev–Trinajstić information content (AvgIpc) is 3.31. The minimum atomic E-state index is 0. The van der Waals surface area contributed by atoms with E-state index in [4.69, 9.17) is 0 Å². The summed E-state index contributed by atoms with van der Waals surface area (Å²) in [5, 5.41) is 8.81. The molecule has 1 aromatic heterocycles. The second kappa shape index (κ2) is 11.3. The summed E-state index contributed by atoms with van der Waals surface area (Å²) < 4.78 is 0. The lowest BCUT2D eigenvalue weighted by Gasteiger charge is -2.16. The van der Waals surface area contributed by atoms with E-state index in [9.17, 15) is 4.79 Å². The third kappa shape index (κ3) is 6.80. The van der Waals surface area contributed by atoms with Gasteiger partial charge in [-0.2, -0.15) is 0 Å². The number of thiophene rings is 1. The number of guanidine groups is 1. The lowest BCUT2D eigenvalue weighted by Crippen LogP contribution is -2.37. The Morgan fingerprint density at radius 2 is 2.07 bits per heavy atom. The molecule has 1 aromatic carbocycles. The van der Waals surface area contributed by atoms with E-state index in [1.807, 2.05) is 4.90 Å². The molecule has 5 nitrogen and oxygen atoms in total. The Kier molecular flexibility index (Phi) is 9.06. The van der Waals surface area contributed by atoms with Gasteiger partial charge in [-0.1, -0.05) is 30.3 Å². The van der Waals surface area contributed by atoms with Gasteiger partial charge in [0.2, 0.25) is 5.91 Å². The minimum absolute atomic E-state index is 0. The van der Waals surface area contributed by atoms with Gasteiger partial charge in [0.1, 0.15) is 0 Å². The molecule has 1 amide bonds. The van der Waals surface area contributed by atoms with Gasteiger partial charge in [-0.15, -0.1) is 35.3 Å². The molecule has 3 rings (SSSR count). The van der Waals surface area contributed by atoms with Crippen molar-refractivity contribution >= 4 is 47.2 Å². The molecule has 0 saturated carbocycles. The predicted octanol–water partition coefficient (Wildman–Crippen LogP) is 3.40. The predicted molar refractivity (Wildman–Crippen MR) is 123 cm³/mol. The van der Waals surface area contributed by atoms with Gasteiger partial charge in [-0.05, 0) is 35.4 Å². The first-order valence-electron chi connectivity index (χ1n) is 9.07. The van der Waals surface area contributed by atoms with E-state index in [1.165, 1.54) is 16.0 Å². The highest BCUT2D eigenvalue weighted by Gasteiger charge is 2.19. The van der Waals surface area contributed by atoms with Crippen LogP contribution in [0.2, 0.25) is 0 Å². The van der Waals surface area contributed by atoms with Crippen molar-refractivity contribution in [1.29, 1.82) is 0 Å². The summed E-state index contributed by atoms with van der Waals surface area (Å²) in [7, 11) is 1.79. The fraction of sp³-hybridized carbons (Fsp3) is 0.400. The maximum Gasteiger partial charge on any atom is 0.222 e. The normalized spacial score (nSPS) is 14.2. The number of nitrogens with one attached hydrogen (secondary N) is 2. The standard InChI is InChI=1S/C20H26N4OS.HI/c1-21-20(22-10-9-18-7-4-12-26-18)23-14-16-5-2-6-17(13-16)15-24-11-3-8-19(24)25;/h2,4-7,12-13H,3,8-11,14-15H2,1H3,(H2,21,22,23);1H. The maximum atomic E-state index is 11.8. The summed E-state index contributed by atoms with van der Waals surface area (Å²) in [6.45, 7) is 3.15. The van der Waals surface area contributed by atoms with Gasteiger partial charge >= 0.3 is 0 Å². The smallest absolute Gasteiger partial charge is 0.222 e. The van der Waals surface area contributed by atoms with E-state index in [1.54, 1.807) is 18.4 Å². The lowest BCUT2D eigenvalue weighted by atomic mass is 10.1. The second-order valence-electron chi connectivity index (χ2n) is 6.42. The van der Waals surface area contributed by atoms with Crippen LogP contribution in [0.15, 0.2) is 46.8 Å². The highest BCUT2D eigenvalue weighted by Crippen LogP contribution is 2.15. The molecule has 2 heterocycles. The third-order valence-electron chi connectivity index (χ3n) is 4.46. The molecule has 7 heteroatoms. The van der Waals surface area contributed by atoms with E-state index >= 15 is 0 Å². The number of aliphatic imine (C=N–C) groups is 1. The highest BCUT2D eigenvalue weighted by atomic mass is 127. The summed E-state index contributed by atoms with van der Waals surface area (Å²) in [4.78, 5) is 19.4. The number of halogens is 1. The van der Waals surface area contributed by atoms with Crippen molar-refractivity contribution < 1.29 is 4.79 Å². The summed E-state index contributed by atoms with van der Waals surface area (Å²) in [6, 6.07) is 12.6. The summed E-state index contributed by atoms with van der Waals surface area (Å²) in [6.07, 6.45) is 2.67. The number of nitrogens with zero attached hydrogens (tertiary/aromatic N) is 2. The molecule has 0 unspecified atom stereocenters. The highest BCUT2D eigenvalue weighted by molar-refractivity contribution is 14.0. The fourth-order valence-electron chi connectivity index (χ4n) is 3.09. The van der Waals surface area contributed by atoms with Crippen LogP contribution in [0.25, 0.3) is 0 Å². The Morgan fingerprint density at radius 1 is 1.22 bits per heavy atom. The maximum absolute atomic E-state index is 11.8. The van der Waals surface area contributed by atoms with E-state index in [-0.39, 0.29) is 29.9 Å². The zero-order chi connectivity index (χ0) is 18.2. The molecule has 0 radical (unpaired) electrons. The molecule has 1 saturated heterocycles. The molecule has 2 N–H and O–H groups in total. The van der Waals surface area contributed by atoms with Crippen molar-refractivity contribution in [1.82, 2.24) is 15.5 Å². The van der Waals surface area contributed by atoms with Gasteiger partial charge in [0.25, 0.3) is 0 Å². The summed E-state index contributed by atoms with van der Waals surface area (Å²) >= 11 is 1.78. The zero-order valence-corrected chi connectivity index (χ0v) is 18.8. The van der Waals surface area contributed by atoms with Gasteiger partial charge < -0.3 is 15.5 Å². The number of likely N-dealkylation sites (tertiary alicyclic amines) is 1. The first kappa shape index (κ1) is 21.7. The molecule has 0 spiro atoms. The van der Waals surface area contributed by atoms with E-state index in [2.05, 4.69) is 57.4 Å². The molecule has 0 aliphatic carbocycles. The van der Waals surface area contributed by atoms with E-state index in [0.29, 0.717) is 19.5 Å². The number of carbonyl (C=O) groups is 1. The number of carbonyl (C=O) groups excluding carboxylic acids is 1. The molecular weight excluding hydrogens is 471 g/mol. The van der Waals surface area contributed by atoms with Crippen LogP contribution in [0.3, 0.4) is 0 Å². The minimum Gasteiger partial charge on any atom is -0.356 e. The third-order valence-corrected chi connectivity index (χ3v) is 5.40. The van der Waals surface area contributed by atoms with Crippen molar-refractivity contribution in [3.05, 3.63) is 57.8 Å². The van der Waals surface area contributed by atoms with Crippen molar-refractivity contribution in [3.8, 4) is 0 Å². The van der Waals surface area contributed by atoms with Gasteiger partial charge in [-0.3, -0.25) is 9.79 Å². The molecule has 0 atom stereocenters. The number of rotatable bonds is 7. The SMILES string of the molecule is CN=C(NCCc1cccs1)NCc1cccc(CN2CCCC2=O)c1.I. The van der Waals surface area contributed by atoms with Crippen LogP contribution < -0.4 is 10.6 Å². The van der Waals surface area contributed by atoms with Gasteiger partial charge in [0, 0.05) is 44.5 Å². The molecule has 146 valence electrons. The van der Waals surface area contributed by atoms with Crippen LogP contribution in [-0.2, 0) is 24.3 Å². The van der Waals surface area contributed by atoms with Crippen LogP contribution in [-0.4, -0.2) is 36.9 Å². The van der Waals surface area contributed by atoms with Crippen molar-refractivity contribution in [2.24, 2.45) is 4.99 Å². The second-order valence-corrected chi connectivity index (χ2v) is 7.45. The monoisotopic (exact) mass is 498 g/mol. The quantitative estimate of drug-likeness (QED) is 0.350. The molecule has 1 aliphatic heterocycles. The topological polar surface area (TPSA) is 56.7 Å². The Morgan fingerprint density at radius 3 is 2.78 bits per heavy atom. The Labute approximate surface area is 182 Å². The molecule has 1 fully saturated rings.